The zero-order valence-electron chi connectivity index (χ0n) is 16.7. The van der Waals surface area contributed by atoms with Gasteiger partial charge in [0, 0.05) is 33.7 Å². The highest BCUT2D eigenvalue weighted by Crippen LogP contribution is 2.34. The van der Waals surface area contributed by atoms with Crippen LogP contribution in [-0.2, 0) is 11.3 Å². The summed E-state index contributed by atoms with van der Waals surface area (Å²) in [4.78, 5) is 26.2. The zero-order valence-corrected chi connectivity index (χ0v) is 19.1. The number of carbonyl (C=O) groups excluding carboxylic acids is 2. The monoisotopic (exact) mass is 484 g/mol. The summed E-state index contributed by atoms with van der Waals surface area (Å²) in [5, 5.41) is 0.799. The molecule has 0 spiro atoms. The van der Waals surface area contributed by atoms with E-state index >= 15 is 0 Å². The second-order valence-electron chi connectivity index (χ2n) is 7.03. The van der Waals surface area contributed by atoms with Crippen LogP contribution in [0.2, 0.25) is 0 Å². The molecule has 1 aliphatic rings. The highest BCUT2D eigenvalue weighted by Gasteiger charge is 2.33. The Morgan fingerprint density at radius 2 is 1.90 bits per heavy atom. The molecule has 0 radical (unpaired) electrons. The van der Waals surface area contributed by atoms with Gasteiger partial charge in [-0.3, -0.25) is 14.5 Å². The van der Waals surface area contributed by atoms with Crippen molar-refractivity contribution in [2.45, 2.75) is 20.4 Å². The van der Waals surface area contributed by atoms with Crippen LogP contribution in [0.3, 0.4) is 0 Å². The van der Waals surface area contributed by atoms with E-state index in [1.165, 1.54) is 10.5 Å². The Labute approximate surface area is 187 Å². The maximum atomic E-state index is 12.5. The van der Waals surface area contributed by atoms with E-state index in [1.54, 1.807) is 6.92 Å². The normalized spacial score (nSPS) is 15.6. The molecule has 0 bridgehead atoms. The van der Waals surface area contributed by atoms with Gasteiger partial charge in [0.15, 0.2) is 0 Å². The van der Waals surface area contributed by atoms with E-state index in [1.807, 2.05) is 61.7 Å². The number of likely N-dealkylation sites (N-methyl/N-ethyl adjacent to an activating group) is 1. The highest BCUT2D eigenvalue weighted by atomic mass is 79.9. The van der Waals surface area contributed by atoms with Gasteiger partial charge in [-0.05, 0) is 62.0 Å². The molecule has 2 aromatic carbocycles. The lowest BCUT2D eigenvalue weighted by atomic mass is 10.1. The van der Waals surface area contributed by atoms with Gasteiger partial charge in [0.1, 0.15) is 12.4 Å². The van der Waals surface area contributed by atoms with Gasteiger partial charge < -0.3 is 9.30 Å². The van der Waals surface area contributed by atoms with Crippen LogP contribution in [0.15, 0.2) is 58.0 Å². The predicted octanol–water partition coefficient (Wildman–Crippen LogP) is 5.85. The lowest BCUT2D eigenvalue weighted by molar-refractivity contribution is -0.122. The SMILES string of the molecule is CCN1C(=O)S/C(=C\c2cn(CCOc3ccc(C)cc3)c3ccc(Br)cc23)C1=O. The number of aryl methyl sites for hydroxylation is 1. The molecule has 5 nitrogen and oxygen atoms in total. The zero-order chi connectivity index (χ0) is 21.3. The number of hydrogen-bond donors (Lipinski definition) is 0. The molecule has 4 rings (SSSR count). The van der Waals surface area contributed by atoms with Gasteiger partial charge in [-0.2, -0.15) is 0 Å². The van der Waals surface area contributed by atoms with Crippen LogP contribution in [0.25, 0.3) is 17.0 Å². The number of amides is 2. The summed E-state index contributed by atoms with van der Waals surface area (Å²) < 4.78 is 8.96. The molecule has 7 heteroatoms. The summed E-state index contributed by atoms with van der Waals surface area (Å²) >= 11 is 4.52. The van der Waals surface area contributed by atoms with Gasteiger partial charge in [0.2, 0.25) is 0 Å². The summed E-state index contributed by atoms with van der Waals surface area (Å²) in [5.74, 6) is 0.611. The van der Waals surface area contributed by atoms with Crippen molar-refractivity contribution in [1.82, 2.24) is 9.47 Å². The molecule has 0 saturated carbocycles. The van der Waals surface area contributed by atoms with Gasteiger partial charge in [-0.15, -0.1) is 0 Å². The number of carbonyl (C=O) groups is 2. The van der Waals surface area contributed by atoms with E-state index in [-0.39, 0.29) is 11.1 Å². The number of benzene rings is 2. The van der Waals surface area contributed by atoms with E-state index in [0.717, 1.165) is 38.5 Å². The summed E-state index contributed by atoms with van der Waals surface area (Å²) in [7, 11) is 0. The fourth-order valence-corrected chi connectivity index (χ4v) is 4.66. The molecule has 154 valence electrons. The Morgan fingerprint density at radius 3 is 2.60 bits per heavy atom. The molecule has 30 heavy (non-hydrogen) atoms. The third kappa shape index (κ3) is 4.18. The topological polar surface area (TPSA) is 51.5 Å². The molecule has 2 heterocycles. The molecule has 0 N–H and O–H groups in total. The van der Waals surface area contributed by atoms with Crippen LogP contribution in [0.4, 0.5) is 4.79 Å². The molecule has 1 fully saturated rings. The Bertz CT molecular complexity index is 1150. The van der Waals surface area contributed by atoms with Gasteiger partial charge in [-0.25, -0.2) is 0 Å². The predicted molar refractivity (Wildman–Crippen MR) is 125 cm³/mol. The summed E-state index contributed by atoms with van der Waals surface area (Å²) in [5.41, 5.74) is 3.15. The molecular formula is C23H21BrN2O3S. The summed E-state index contributed by atoms with van der Waals surface area (Å²) in [6.45, 7) is 5.41. The standard InChI is InChI=1S/C23H21BrN2O3S/c1-3-26-22(27)21(30-23(26)28)12-16-14-25(20-9-6-17(24)13-19(16)20)10-11-29-18-7-4-15(2)5-8-18/h4-9,12-14H,3,10-11H2,1-2H3/b21-12-. The smallest absolute Gasteiger partial charge is 0.293 e. The number of thioether (sulfide) groups is 1. The van der Waals surface area contributed by atoms with E-state index in [4.69, 9.17) is 4.74 Å². The minimum atomic E-state index is -0.230. The number of nitrogens with zero attached hydrogens (tertiary/aromatic N) is 2. The fourth-order valence-electron chi connectivity index (χ4n) is 3.41. The van der Waals surface area contributed by atoms with E-state index in [2.05, 4.69) is 20.5 Å². The van der Waals surface area contributed by atoms with E-state index in [0.29, 0.717) is 24.6 Å². The highest BCUT2D eigenvalue weighted by molar-refractivity contribution is 9.10. The molecule has 3 aromatic rings. The van der Waals surface area contributed by atoms with Crippen molar-refractivity contribution in [3.8, 4) is 5.75 Å². The number of aromatic nitrogens is 1. The van der Waals surface area contributed by atoms with Crippen molar-refractivity contribution in [2.24, 2.45) is 0 Å². The number of ether oxygens (including phenoxy) is 1. The van der Waals surface area contributed by atoms with Gasteiger partial charge in [-0.1, -0.05) is 33.6 Å². The Balaban J connectivity index is 1.60. The van der Waals surface area contributed by atoms with Gasteiger partial charge in [0.25, 0.3) is 11.1 Å². The maximum Gasteiger partial charge on any atom is 0.293 e. The number of hydrogen-bond acceptors (Lipinski definition) is 4. The first kappa shape index (κ1) is 20.8. The molecule has 1 aromatic heterocycles. The third-order valence-corrected chi connectivity index (χ3v) is 6.37. The Hall–Kier alpha value is -2.51. The largest absolute Gasteiger partial charge is 0.492 e. The minimum absolute atomic E-state index is 0.217. The molecule has 1 saturated heterocycles. The third-order valence-electron chi connectivity index (χ3n) is 4.97. The van der Waals surface area contributed by atoms with Crippen molar-refractivity contribution < 1.29 is 14.3 Å². The number of fused-ring (bicyclic) bond motifs is 1. The Morgan fingerprint density at radius 1 is 1.13 bits per heavy atom. The molecule has 2 amide bonds. The quantitative estimate of drug-likeness (QED) is 0.412. The lowest BCUT2D eigenvalue weighted by Gasteiger charge is -2.08. The Kier molecular flexibility index (Phi) is 6.01. The van der Waals surface area contributed by atoms with Crippen LogP contribution >= 0.6 is 27.7 Å². The lowest BCUT2D eigenvalue weighted by Crippen LogP contribution is -2.27. The molecule has 0 unspecified atom stereocenters. The molecule has 0 aliphatic carbocycles. The van der Waals surface area contributed by atoms with Crippen molar-refractivity contribution in [3.63, 3.8) is 0 Å². The molecule has 1 aliphatic heterocycles. The van der Waals surface area contributed by atoms with Crippen LogP contribution in [0.1, 0.15) is 18.1 Å². The van der Waals surface area contributed by atoms with Crippen LogP contribution in [-0.4, -0.2) is 33.8 Å². The van der Waals surface area contributed by atoms with Crippen molar-refractivity contribution >= 4 is 55.8 Å². The maximum absolute atomic E-state index is 12.5. The van der Waals surface area contributed by atoms with Crippen molar-refractivity contribution in [3.05, 3.63) is 69.2 Å². The van der Waals surface area contributed by atoms with Crippen LogP contribution in [0, 0.1) is 6.92 Å². The molecular weight excluding hydrogens is 464 g/mol. The first-order chi connectivity index (χ1) is 14.5. The van der Waals surface area contributed by atoms with E-state index < -0.39 is 0 Å². The minimum Gasteiger partial charge on any atom is -0.492 e. The number of rotatable bonds is 6. The van der Waals surface area contributed by atoms with Crippen molar-refractivity contribution in [2.75, 3.05) is 13.2 Å². The fraction of sp³-hybridized carbons (Fsp3) is 0.217. The first-order valence-electron chi connectivity index (χ1n) is 9.69. The van der Waals surface area contributed by atoms with E-state index in [9.17, 15) is 9.59 Å². The summed E-state index contributed by atoms with van der Waals surface area (Å²) in [6, 6.07) is 14.1. The average molecular weight is 485 g/mol. The average Bonchev–Trinajstić information content (AvgIpc) is 3.19. The number of imide groups is 1. The van der Waals surface area contributed by atoms with Crippen LogP contribution in [0.5, 0.6) is 5.75 Å². The van der Waals surface area contributed by atoms with Gasteiger partial charge >= 0.3 is 0 Å². The second kappa shape index (κ2) is 8.70. The molecule has 0 atom stereocenters. The summed E-state index contributed by atoms with van der Waals surface area (Å²) in [6.07, 6.45) is 3.82. The first-order valence-corrected chi connectivity index (χ1v) is 11.3. The van der Waals surface area contributed by atoms with Crippen LogP contribution < -0.4 is 4.74 Å². The second-order valence-corrected chi connectivity index (χ2v) is 8.94. The van der Waals surface area contributed by atoms with Gasteiger partial charge in [0.05, 0.1) is 11.4 Å². The number of halogens is 1. The van der Waals surface area contributed by atoms with Crippen molar-refractivity contribution in [1.29, 1.82) is 0 Å².